The molecule has 0 amide bonds. The van der Waals surface area contributed by atoms with Crippen molar-refractivity contribution in [2.75, 3.05) is 6.54 Å². The maximum absolute atomic E-state index is 12.2. The van der Waals surface area contributed by atoms with Gasteiger partial charge in [-0.3, -0.25) is 10.1 Å². The molecular formula is C13H18N2O5S. The van der Waals surface area contributed by atoms with E-state index >= 15 is 0 Å². The first kappa shape index (κ1) is 15.9. The molecule has 116 valence electrons. The van der Waals surface area contributed by atoms with Crippen LogP contribution in [0.1, 0.15) is 24.0 Å². The number of benzene rings is 1. The lowest BCUT2D eigenvalue weighted by Gasteiger charge is -2.12. The predicted octanol–water partition coefficient (Wildman–Crippen LogP) is 1.26. The largest absolute Gasteiger partial charge is 0.391 e. The summed E-state index contributed by atoms with van der Waals surface area (Å²) in [6, 6.07) is 2.54. The second-order valence-electron chi connectivity index (χ2n) is 5.42. The Labute approximate surface area is 123 Å². The molecule has 0 bridgehead atoms. The van der Waals surface area contributed by atoms with Gasteiger partial charge in [0.2, 0.25) is 10.0 Å². The van der Waals surface area contributed by atoms with Crippen molar-refractivity contribution in [2.24, 2.45) is 5.92 Å². The van der Waals surface area contributed by atoms with Crippen molar-refractivity contribution in [2.45, 2.75) is 37.7 Å². The molecule has 21 heavy (non-hydrogen) atoms. The van der Waals surface area contributed by atoms with Gasteiger partial charge in [-0.1, -0.05) is 0 Å². The number of nitrogens with zero attached hydrogens (tertiary/aromatic N) is 1. The topological polar surface area (TPSA) is 110 Å². The summed E-state index contributed by atoms with van der Waals surface area (Å²) in [5.74, 6) is 0.127. The first-order valence-electron chi connectivity index (χ1n) is 6.65. The van der Waals surface area contributed by atoms with Gasteiger partial charge in [0.1, 0.15) is 0 Å². The number of rotatable bonds is 6. The van der Waals surface area contributed by atoms with E-state index in [-0.39, 0.29) is 17.4 Å². The second kappa shape index (κ2) is 5.70. The zero-order valence-electron chi connectivity index (χ0n) is 11.9. The van der Waals surface area contributed by atoms with E-state index in [9.17, 15) is 23.6 Å². The van der Waals surface area contributed by atoms with E-state index in [1.807, 2.05) is 0 Å². The van der Waals surface area contributed by atoms with Crippen molar-refractivity contribution in [3.63, 3.8) is 0 Å². The minimum atomic E-state index is -4.03. The molecule has 2 rings (SSSR count). The second-order valence-corrected chi connectivity index (χ2v) is 7.15. The molecule has 1 aliphatic rings. The highest BCUT2D eigenvalue weighted by Crippen LogP contribution is 2.32. The zero-order chi connectivity index (χ0) is 15.8. The highest BCUT2D eigenvalue weighted by molar-refractivity contribution is 7.89. The van der Waals surface area contributed by atoms with Crippen molar-refractivity contribution >= 4 is 15.7 Å². The van der Waals surface area contributed by atoms with Crippen LogP contribution >= 0.6 is 0 Å². The highest BCUT2D eigenvalue weighted by atomic mass is 32.2. The van der Waals surface area contributed by atoms with Crippen LogP contribution in [0, 0.1) is 29.9 Å². The maximum atomic E-state index is 12.2. The number of nitro groups is 1. The summed E-state index contributed by atoms with van der Waals surface area (Å²) >= 11 is 0. The summed E-state index contributed by atoms with van der Waals surface area (Å²) < 4.78 is 26.7. The Morgan fingerprint density at radius 2 is 1.95 bits per heavy atom. The molecule has 1 atom stereocenters. The van der Waals surface area contributed by atoms with E-state index in [4.69, 9.17) is 0 Å². The van der Waals surface area contributed by atoms with E-state index in [2.05, 4.69) is 4.72 Å². The van der Waals surface area contributed by atoms with Gasteiger partial charge in [-0.15, -0.1) is 0 Å². The van der Waals surface area contributed by atoms with Crippen LogP contribution in [0.4, 0.5) is 5.69 Å². The van der Waals surface area contributed by atoms with Crippen molar-refractivity contribution in [3.8, 4) is 0 Å². The number of nitrogens with one attached hydrogen (secondary N) is 1. The molecule has 0 saturated heterocycles. The molecular weight excluding hydrogens is 296 g/mol. The van der Waals surface area contributed by atoms with Crippen LogP contribution in [-0.4, -0.2) is 31.1 Å². The van der Waals surface area contributed by atoms with Crippen molar-refractivity contribution < 1.29 is 18.4 Å². The van der Waals surface area contributed by atoms with E-state index in [0.717, 1.165) is 12.8 Å². The molecule has 2 N–H and O–H groups in total. The van der Waals surface area contributed by atoms with Gasteiger partial charge in [0.15, 0.2) is 4.90 Å². The van der Waals surface area contributed by atoms with E-state index in [1.165, 1.54) is 12.1 Å². The molecule has 0 aliphatic heterocycles. The minimum absolute atomic E-state index is 0.127. The number of nitro benzene ring substituents is 1. The number of hydrogen-bond donors (Lipinski definition) is 2. The minimum Gasteiger partial charge on any atom is -0.391 e. The number of aryl methyl sites for hydroxylation is 2. The Hall–Kier alpha value is -1.51. The van der Waals surface area contributed by atoms with Crippen LogP contribution in [0.25, 0.3) is 0 Å². The summed E-state index contributed by atoms with van der Waals surface area (Å²) in [7, 11) is -4.03. The van der Waals surface area contributed by atoms with Crippen molar-refractivity contribution in [1.29, 1.82) is 0 Å². The third-order valence-corrected chi connectivity index (χ3v) is 5.16. The molecule has 0 spiro atoms. The molecule has 1 saturated carbocycles. The fraction of sp³-hybridized carbons (Fsp3) is 0.538. The van der Waals surface area contributed by atoms with Gasteiger partial charge in [-0.25, -0.2) is 13.1 Å². The molecule has 1 unspecified atom stereocenters. The van der Waals surface area contributed by atoms with Gasteiger partial charge in [0, 0.05) is 12.6 Å². The average Bonchev–Trinajstić information content (AvgIpc) is 3.22. The van der Waals surface area contributed by atoms with Gasteiger partial charge in [-0.2, -0.15) is 0 Å². The summed E-state index contributed by atoms with van der Waals surface area (Å²) in [5.41, 5.74) is 0.855. The molecule has 1 aromatic rings. The molecule has 0 aromatic heterocycles. The van der Waals surface area contributed by atoms with Crippen molar-refractivity contribution in [1.82, 2.24) is 4.72 Å². The Balaban J connectivity index is 2.29. The lowest BCUT2D eigenvalue weighted by molar-refractivity contribution is -0.387. The Morgan fingerprint density at radius 1 is 1.38 bits per heavy atom. The van der Waals surface area contributed by atoms with Gasteiger partial charge in [-0.05, 0) is 49.8 Å². The number of sulfonamides is 1. The van der Waals surface area contributed by atoms with Crippen LogP contribution in [0.2, 0.25) is 0 Å². The third kappa shape index (κ3) is 3.58. The summed E-state index contributed by atoms with van der Waals surface area (Å²) in [4.78, 5) is 9.98. The molecule has 1 aromatic carbocycles. The summed E-state index contributed by atoms with van der Waals surface area (Å²) in [5, 5.41) is 20.8. The van der Waals surface area contributed by atoms with Gasteiger partial charge >= 0.3 is 0 Å². The number of aliphatic hydroxyl groups excluding tert-OH is 1. The SMILES string of the molecule is Cc1cc([N+](=O)[O-])c(S(=O)(=O)NCC(O)C2CC2)cc1C. The lowest BCUT2D eigenvalue weighted by Crippen LogP contribution is -2.33. The fourth-order valence-corrected chi connectivity index (χ4v) is 3.34. The van der Waals surface area contributed by atoms with Gasteiger partial charge in [0.25, 0.3) is 5.69 Å². The normalized spacial score (nSPS) is 16.7. The summed E-state index contributed by atoms with van der Waals surface area (Å²) in [6.45, 7) is 3.25. The summed E-state index contributed by atoms with van der Waals surface area (Å²) in [6.07, 6.45) is 1.02. The smallest absolute Gasteiger partial charge is 0.289 e. The Morgan fingerprint density at radius 3 is 2.48 bits per heavy atom. The monoisotopic (exact) mass is 314 g/mol. The van der Waals surface area contributed by atoms with E-state index in [1.54, 1.807) is 13.8 Å². The fourth-order valence-electron chi connectivity index (χ4n) is 2.05. The molecule has 1 fully saturated rings. The van der Waals surface area contributed by atoms with Crippen LogP contribution in [0.3, 0.4) is 0 Å². The Bertz CT molecular complexity index is 667. The molecule has 8 heteroatoms. The van der Waals surface area contributed by atoms with Gasteiger partial charge < -0.3 is 5.11 Å². The van der Waals surface area contributed by atoms with Crippen LogP contribution in [-0.2, 0) is 10.0 Å². The van der Waals surface area contributed by atoms with E-state index in [0.29, 0.717) is 11.1 Å². The maximum Gasteiger partial charge on any atom is 0.289 e. The lowest BCUT2D eigenvalue weighted by atomic mass is 10.1. The van der Waals surface area contributed by atoms with Crippen LogP contribution in [0.5, 0.6) is 0 Å². The van der Waals surface area contributed by atoms with Crippen LogP contribution < -0.4 is 4.72 Å². The van der Waals surface area contributed by atoms with Crippen molar-refractivity contribution in [3.05, 3.63) is 33.4 Å². The number of hydrogen-bond acceptors (Lipinski definition) is 5. The van der Waals surface area contributed by atoms with Gasteiger partial charge in [0.05, 0.1) is 11.0 Å². The Kier molecular flexibility index (Phi) is 4.31. The first-order chi connectivity index (χ1) is 9.72. The average molecular weight is 314 g/mol. The predicted molar refractivity (Wildman–Crippen MR) is 76.5 cm³/mol. The standard InChI is InChI=1S/C13H18N2O5S/c1-8-5-11(15(17)18)13(6-9(8)2)21(19,20)14-7-12(16)10-3-4-10/h5-6,10,12,14,16H,3-4,7H2,1-2H3. The van der Waals surface area contributed by atoms with E-state index < -0.39 is 26.7 Å². The molecule has 0 radical (unpaired) electrons. The molecule has 7 nitrogen and oxygen atoms in total. The first-order valence-corrected chi connectivity index (χ1v) is 8.14. The number of aliphatic hydroxyl groups is 1. The van der Waals surface area contributed by atoms with Crippen LogP contribution in [0.15, 0.2) is 17.0 Å². The molecule has 0 heterocycles. The highest BCUT2D eigenvalue weighted by Gasteiger charge is 2.32. The third-order valence-electron chi connectivity index (χ3n) is 3.71. The molecule has 1 aliphatic carbocycles. The quantitative estimate of drug-likeness (QED) is 0.607. The zero-order valence-corrected chi connectivity index (χ0v) is 12.7.